The first-order valence-electron chi connectivity index (χ1n) is 5.58. The lowest BCUT2D eigenvalue weighted by Crippen LogP contribution is -2.13. The van der Waals surface area contributed by atoms with Gasteiger partial charge in [-0.2, -0.15) is 15.4 Å². The molecule has 0 aliphatic heterocycles. The Morgan fingerprint density at radius 2 is 2.37 bits per heavy atom. The predicted molar refractivity (Wildman–Crippen MR) is 69.5 cm³/mol. The van der Waals surface area contributed by atoms with Gasteiger partial charge < -0.3 is 10.4 Å². The molecule has 2 rings (SSSR count). The molecule has 6 nitrogen and oxygen atoms in total. The maximum atomic E-state index is 11.9. The number of nitrogens with one attached hydrogen (secondary N) is 2. The van der Waals surface area contributed by atoms with Gasteiger partial charge in [0.05, 0.1) is 11.9 Å². The van der Waals surface area contributed by atoms with E-state index in [2.05, 4.69) is 32.6 Å². The Kier molecular flexibility index (Phi) is 3.90. The van der Waals surface area contributed by atoms with Crippen LogP contribution in [0.25, 0.3) is 0 Å². The number of aliphatic hydroxyl groups is 1. The van der Waals surface area contributed by atoms with Crippen LogP contribution < -0.4 is 5.32 Å². The number of anilines is 1. The molecule has 2 aromatic rings. The molecule has 19 heavy (non-hydrogen) atoms. The normalized spacial score (nSPS) is 9.58. The van der Waals surface area contributed by atoms with Crippen LogP contribution >= 0.6 is 0 Å². The number of aliphatic hydroxyl groups excluding tert-OH is 1. The van der Waals surface area contributed by atoms with E-state index in [9.17, 15) is 4.79 Å². The molecule has 0 radical (unpaired) electrons. The molecule has 0 saturated carbocycles. The molecule has 96 valence electrons. The molecule has 1 aromatic heterocycles. The summed E-state index contributed by atoms with van der Waals surface area (Å²) in [6.07, 6.45) is 1.34. The summed E-state index contributed by atoms with van der Waals surface area (Å²) in [6.45, 7) is 1.68. The van der Waals surface area contributed by atoms with Gasteiger partial charge in [-0.1, -0.05) is 17.9 Å². The SMILES string of the molecule is Cc1ccc(C#CCO)c(NC(=O)c2cn[nH]n2)c1. The van der Waals surface area contributed by atoms with Gasteiger partial charge >= 0.3 is 0 Å². The lowest BCUT2D eigenvalue weighted by Gasteiger charge is -2.07. The zero-order chi connectivity index (χ0) is 13.7. The first-order valence-corrected chi connectivity index (χ1v) is 5.58. The van der Waals surface area contributed by atoms with Crippen molar-refractivity contribution >= 4 is 11.6 Å². The molecule has 0 spiro atoms. The summed E-state index contributed by atoms with van der Waals surface area (Å²) in [5.74, 6) is 4.97. The van der Waals surface area contributed by atoms with E-state index >= 15 is 0 Å². The highest BCUT2D eigenvalue weighted by molar-refractivity contribution is 6.03. The maximum absolute atomic E-state index is 11.9. The van der Waals surface area contributed by atoms with Gasteiger partial charge in [-0.05, 0) is 24.6 Å². The van der Waals surface area contributed by atoms with Crippen LogP contribution in [0.4, 0.5) is 5.69 Å². The van der Waals surface area contributed by atoms with Crippen LogP contribution in [0.1, 0.15) is 21.6 Å². The number of hydrogen-bond donors (Lipinski definition) is 3. The molecule has 0 aliphatic rings. The monoisotopic (exact) mass is 256 g/mol. The molecule has 0 saturated heterocycles. The van der Waals surface area contributed by atoms with Gasteiger partial charge in [0.25, 0.3) is 5.91 Å². The zero-order valence-corrected chi connectivity index (χ0v) is 10.3. The minimum Gasteiger partial charge on any atom is -0.384 e. The lowest BCUT2D eigenvalue weighted by molar-refractivity contribution is 0.102. The molecule has 0 unspecified atom stereocenters. The molecular formula is C13H12N4O2. The Labute approximate surface area is 109 Å². The first-order chi connectivity index (χ1) is 9.20. The van der Waals surface area contributed by atoms with Crippen molar-refractivity contribution in [2.24, 2.45) is 0 Å². The van der Waals surface area contributed by atoms with Crippen molar-refractivity contribution in [2.75, 3.05) is 11.9 Å². The summed E-state index contributed by atoms with van der Waals surface area (Å²) < 4.78 is 0. The Balaban J connectivity index is 2.28. The third-order valence-electron chi connectivity index (χ3n) is 2.37. The Bertz CT molecular complexity index is 638. The Morgan fingerprint density at radius 1 is 1.53 bits per heavy atom. The van der Waals surface area contributed by atoms with Crippen molar-refractivity contribution in [1.29, 1.82) is 0 Å². The van der Waals surface area contributed by atoms with Crippen LogP contribution in [0.5, 0.6) is 0 Å². The lowest BCUT2D eigenvalue weighted by atomic mass is 10.1. The number of rotatable bonds is 2. The summed E-state index contributed by atoms with van der Waals surface area (Å²) in [5.41, 5.74) is 2.40. The van der Waals surface area contributed by atoms with Gasteiger partial charge in [-0.25, -0.2) is 0 Å². The molecule has 6 heteroatoms. The number of amides is 1. The topological polar surface area (TPSA) is 90.9 Å². The van der Waals surface area contributed by atoms with Crippen LogP contribution in [-0.2, 0) is 0 Å². The number of hydrogen-bond acceptors (Lipinski definition) is 4. The fourth-order valence-electron chi connectivity index (χ4n) is 1.50. The van der Waals surface area contributed by atoms with Crippen molar-refractivity contribution in [3.05, 3.63) is 41.2 Å². The second kappa shape index (κ2) is 5.80. The first kappa shape index (κ1) is 12.8. The molecule has 0 fully saturated rings. The molecule has 0 atom stereocenters. The Morgan fingerprint density at radius 3 is 3.05 bits per heavy atom. The van der Waals surface area contributed by atoms with E-state index < -0.39 is 0 Å². The average Bonchev–Trinajstić information content (AvgIpc) is 2.92. The third-order valence-corrected chi connectivity index (χ3v) is 2.37. The summed E-state index contributed by atoms with van der Waals surface area (Å²) >= 11 is 0. The predicted octanol–water partition coefficient (Wildman–Crippen LogP) is 0.709. The quantitative estimate of drug-likeness (QED) is 0.690. The number of H-pyrrole nitrogens is 1. The second-order valence-electron chi connectivity index (χ2n) is 3.82. The standard InChI is InChI=1S/C13H12N4O2/c1-9-4-5-10(3-2-6-18)11(7-9)15-13(19)12-8-14-17-16-12/h4-5,7-8,18H,6H2,1H3,(H,15,19)(H,14,16,17). The number of carbonyl (C=O) groups is 1. The molecule has 0 aliphatic carbocycles. The third kappa shape index (κ3) is 3.18. The van der Waals surface area contributed by atoms with Crippen molar-refractivity contribution in [3.63, 3.8) is 0 Å². The molecule has 3 N–H and O–H groups in total. The molecular weight excluding hydrogens is 244 g/mol. The minimum atomic E-state index is -0.369. The van der Waals surface area contributed by atoms with Crippen LogP contribution in [0.2, 0.25) is 0 Å². The largest absolute Gasteiger partial charge is 0.384 e. The second-order valence-corrected chi connectivity index (χ2v) is 3.82. The number of aromatic nitrogens is 3. The van der Waals surface area contributed by atoms with Gasteiger partial charge in [0, 0.05) is 5.56 Å². The fourth-order valence-corrected chi connectivity index (χ4v) is 1.50. The van der Waals surface area contributed by atoms with E-state index in [0.717, 1.165) is 5.56 Å². The minimum absolute atomic E-state index is 0.197. The highest BCUT2D eigenvalue weighted by atomic mass is 16.2. The number of nitrogens with zero attached hydrogens (tertiary/aromatic N) is 2. The van der Waals surface area contributed by atoms with Gasteiger partial charge in [0.2, 0.25) is 0 Å². The highest BCUT2D eigenvalue weighted by Crippen LogP contribution is 2.17. The van der Waals surface area contributed by atoms with Gasteiger partial charge in [-0.15, -0.1) is 0 Å². The maximum Gasteiger partial charge on any atom is 0.277 e. The van der Waals surface area contributed by atoms with E-state index in [1.165, 1.54) is 6.20 Å². The van der Waals surface area contributed by atoms with E-state index in [-0.39, 0.29) is 18.2 Å². The van der Waals surface area contributed by atoms with E-state index in [1.54, 1.807) is 12.1 Å². The fraction of sp³-hybridized carbons (Fsp3) is 0.154. The summed E-state index contributed by atoms with van der Waals surface area (Å²) in [7, 11) is 0. The van der Waals surface area contributed by atoms with Gasteiger partial charge in [0.15, 0.2) is 5.69 Å². The molecule has 1 aromatic carbocycles. The zero-order valence-electron chi connectivity index (χ0n) is 10.3. The van der Waals surface area contributed by atoms with Crippen LogP contribution in [0.3, 0.4) is 0 Å². The smallest absolute Gasteiger partial charge is 0.277 e. The number of aryl methyl sites for hydroxylation is 1. The van der Waals surface area contributed by atoms with Gasteiger partial charge in [0.1, 0.15) is 6.61 Å². The van der Waals surface area contributed by atoms with Crippen molar-refractivity contribution < 1.29 is 9.90 Å². The summed E-state index contributed by atoms with van der Waals surface area (Å²) in [6, 6.07) is 5.48. The highest BCUT2D eigenvalue weighted by Gasteiger charge is 2.10. The number of benzene rings is 1. The Hall–Kier alpha value is -2.65. The summed E-state index contributed by atoms with van der Waals surface area (Å²) in [5, 5.41) is 21.1. The van der Waals surface area contributed by atoms with E-state index in [1.807, 2.05) is 13.0 Å². The molecule has 1 heterocycles. The van der Waals surface area contributed by atoms with Crippen LogP contribution in [-0.4, -0.2) is 33.0 Å². The molecule has 0 bridgehead atoms. The number of aromatic amines is 1. The molecule has 1 amide bonds. The average molecular weight is 256 g/mol. The van der Waals surface area contributed by atoms with Crippen molar-refractivity contribution in [3.8, 4) is 11.8 Å². The van der Waals surface area contributed by atoms with Crippen LogP contribution in [0.15, 0.2) is 24.4 Å². The van der Waals surface area contributed by atoms with Crippen molar-refractivity contribution in [1.82, 2.24) is 15.4 Å². The number of carbonyl (C=O) groups excluding carboxylic acids is 1. The summed E-state index contributed by atoms with van der Waals surface area (Å²) in [4.78, 5) is 11.9. The van der Waals surface area contributed by atoms with Gasteiger partial charge in [-0.3, -0.25) is 4.79 Å². The van der Waals surface area contributed by atoms with Crippen molar-refractivity contribution in [2.45, 2.75) is 6.92 Å². The van der Waals surface area contributed by atoms with Crippen LogP contribution in [0, 0.1) is 18.8 Å². The van der Waals surface area contributed by atoms with E-state index in [0.29, 0.717) is 11.3 Å². The van der Waals surface area contributed by atoms with E-state index in [4.69, 9.17) is 5.11 Å².